The van der Waals surface area contributed by atoms with E-state index in [1.165, 1.54) is 0 Å². The van der Waals surface area contributed by atoms with Gasteiger partial charge in [0.05, 0.1) is 6.54 Å². The molecule has 0 radical (unpaired) electrons. The van der Waals surface area contributed by atoms with Crippen LogP contribution in [0.1, 0.15) is 46.5 Å². The molecule has 2 saturated heterocycles. The fourth-order valence-corrected chi connectivity index (χ4v) is 3.33. The number of nitrogens with one attached hydrogen (secondary N) is 1. The second-order valence-corrected chi connectivity index (χ2v) is 7.69. The minimum absolute atomic E-state index is 0.187. The predicted molar refractivity (Wildman–Crippen MR) is 92.3 cm³/mol. The van der Waals surface area contributed by atoms with Crippen LogP contribution in [0.3, 0.4) is 0 Å². The van der Waals surface area contributed by atoms with Gasteiger partial charge in [0.25, 0.3) is 0 Å². The molecule has 23 heavy (non-hydrogen) atoms. The van der Waals surface area contributed by atoms with Gasteiger partial charge in [0, 0.05) is 38.3 Å². The van der Waals surface area contributed by atoms with Gasteiger partial charge in [0.2, 0.25) is 0 Å². The highest BCUT2D eigenvalue weighted by molar-refractivity contribution is 5.68. The van der Waals surface area contributed by atoms with Gasteiger partial charge in [0.15, 0.2) is 0 Å². The van der Waals surface area contributed by atoms with E-state index in [9.17, 15) is 4.79 Å². The van der Waals surface area contributed by atoms with E-state index in [0.29, 0.717) is 12.1 Å². The Hall–Kier alpha value is -1.25. The Balaban J connectivity index is 1.76. The van der Waals surface area contributed by atoms with Crippen LogP contribution in [0.2, 0.25) is 0 Å². The topological polar surface area (TPSA) is 44.8 Å². The van der Waals surface area contributed by atoms with E-state index in [0.717, 1.165) is 58.4 Å². The third-order valence-electron chi connectivity index (χ3n) is 4.45. The molecule has 1 N–H and O–H groups in total. The van der Waals surface area contributed by atoms with Crippen molar-refractivity contribution in [2.24, 2.45) is 0 Å². The highest BCUT2D eigenvalue weighted by Gasteiger charge is 2.29. The van der Waals surface area contributed by atoms with Gasteiger partial charge in [-0.05, 0) is 46.5 Å². The molecule has 0 saturated carbocycles. The SMILES string of the molecule is C#CCN1CCC(NC2CCCN(C(=O)OC(C)(C)C)C2)CC1. The Labute approximate surface area is 140 Å². The van der Waals surface area contributed by atoms with E-state index in [2.05, 4.69) is 16.1 Å². The van der Waals surface area contributed by atoms with Crippen molar-refractivity contribution in [3.05, 3.63) is 0 Å². The van der Waals surface area contributed by atoms with E-state index in [-0.39, 0.29) is 6.09 Å². The fraction of sp³-hybridized carbons (Fsp3) is 0.833. The number of ether oxygens (including phenoxy) is 1. The van der Waals surface area contributed by atoms with Crippen LogP contribution in [-0.2, 0) is 4.74 Å². The summed E-state index contributed by atoms with van der Waals surface area (Å²) in [5.41, 5.74) is -0.429. The van der Waals surface area contributed by atoms with Crippen LogP contribution in [0.4, 0.5) is 4.79 Å². The van der Waals surface area contributed by atoms with Crippen LogP contribution in [0.15, 0.2) is 0 Å². The normalized spacial score (nSPS) is 24.3. The molecule has 0 aromatic rings. The molecule has 0 aliphatic carbocycles. The predicted octanol–water partition coefficient (Wildman–Crippen LogP) is 2.07. The van der Waals surface area contributed by atoms with E-state index < -0.39 is 5.60 Å². The number of piperidine rings is 2. The summed E-state index contributed by atoms with van der Waals surface area (Å²) >= 11 is 0. The molecule has 2 heterocycles. The molecule has 2 rings (SSSR count). The minimum Gasteiger partial charge on any atom is -0.444 e. The van der Waals surface area contributed by atoms with Crippen molar-refractivity contribution in [3.63, 3.8) is 0 Å². The summed E-state index contributed by atoms with van der Waals surface area (Å²) in [5, 5.41) is 3.74. The quantitative estimate of drug-likeness (QED) is 0.808. The van der Waals surface area contributed by atoms with Crippen LogP contribution in [0.25, 0.3) is 0 Å². The molecule has 0 bridgehead atoms. The molecular weight excluding hydrogens is 290 g/mol. The maximum atomic E-state index is 12.2. The second-order valence-electron chi connectivity index (χ2n) is 7.69. The third-order valence-corrected chi connectivity index (χ3v) is 4.45. The summed E-state index contributed by atoms with van der Waals surface area (Å²) < 4.78 is 5.49. The molecule has 5 heteroatoms. The smallest absolute Gasteiger partial charge is 0.410 e. The van der Waals surface area contributed by atoms with E-state index >= 15 is 0 Å². The lowest BCUT2D eigenvalue weighted by Gasteiger charge is -2.38. The van der Waals surface area contributed by atoms with Gasteiger partial charge in [-0.1, -0.05) is 5.92 Å². The first-order chi connectivity index (χ1) is 10.9. The Bertz CT molecular complexity index is 431. The average molecular weight is 321 g/mol. The third kappa shape index (κ3) is 6.04. The lowest BCUT2D eigenvalue weighted by molar-refractivity contribution is 0.0179. The number of likely N-dealkylation sites (tertiary alicyclic amines) is 2. The zero-order chi connectivity index (χ0) is 16.9. The molecule has 2 aliphatic heterocycles. The number of hydrogen-bond acceptors (Lipinski definition) is 4. The number of nitrogens with zero attached hydrogens (tertiary/aromatic N) is 2. The Morgan fingerprint density at radius 3 is 2.52 bits per heavy atom. The van der Waals surface area contributed by atoms with Gasteiger partial charge in [-0.3, -0.25) is 4.90 Å². The molecule has 1 unspecified atom stereocenters. The highest BCUT2D eigenvalue weighted by Crippen LogP contribution is 2.17. The molecule has 5 nitrogen and oxygen atoms in total. The summed E-state index contributed by atoms with van der Waals surface area (Å²) in [4.78, 5) is 16.4. The molecule has 130 valence electrons. The summed E-state index contributed by atoms with van der Waals surface area (Å²) in [6, 6.07) is 0.910. The maximum Gasteiger partial charge on any atom is 0.410 e. The second kappa shape index (κ2) is 8.03. The van der Waals surface area contributed by atoms with Crippen molar-refractivity contribution in [3.8, 4) is 12.3 Å². The number of terminal acetylenes is 1. The van der Waals surface area contributed by atoms with E-state index in [1.807, 2.05) is 25.7 Å². The van der Waals surface area contributed by atoms with Crippen LogP contribution < -0.4 is 5.32 Å². The highest BCUT2D eigenvalue weighted by atomic mass is 16.6. The van der Waals surface area contributed by atoms with Gasteiger partial charge in [-0.25, -0.2) is 4.79 Å². The molecule has 0 aromatic heterocycles. The van der Waals surface area contributed by atoms with Crippen molar-refractivity contribution in [1.29, 1.82) is 0 Å². The molecule has 0 aromatic carbocycles. The number of carbonyl (C=O) groups is 1. The van der Waals surface area contributed by atoms with Crippen molar-refractivity contribution >= 4 is 6.09 Å². The molecular formula is C18H31N3O2. The van der Waals surface area contributed by atoms with Gasteiger partial charge < -0.3 is 15.0 Å². The Kier molecular flexibility index (Phi) is 6.32. The number of hydrogen-bond donors (Lipinski definition) is 1. The zero-order valence-corrected chi connectivity index (χ0v) is 14.8. The van der Waals surface area contributed by atoms with Gasteiger partial charge in [-0.2, -0.15) is 0 Å². The summed E-state index contributed by atoms with van der Waals surface area (Å²) in [6.07, 6.45) is 9.61. The molecule has 2 fully saturated rings. The Morgan fingerprint density at radius 2 is 1.91 bits per heavy atom. The van der Waals surface area contributed by atoms with Gasteiger partial charge in [0.1, 0.15) is 5.60 Å². The van der Waals surface area contributed by atoms with E-state index in [1.54, 1.807) is 0 Å². The maximum absolute atomic E-state index is 12.2. The lowest BCUT2D eigenvalue weighted by Crippen LogP contribution is -2.53. The van der Waals surface area contributed by atoms with Crippen LogP contribution >= 0.6 is 0 Å². The minimum atomic E-state index is -0.429. The molecule has 1 amide bonds. The molecule has 2 aliphatic rings. The van der Waals surface area contributed by atoms with Crippen molar-refractivity contribution in [2.75, 3.05) is 32.7 Å². The standard InChI is InChI=1S/C18H31N3O2/c1-5-10-20-12-8-15(9-13-20)19-16-7-6-11-21(14-16)17(22)23-18(2,3)4/h1,15-16,19H,6-14H2,2-4H3. The largest absolute Gasteiger partial charge is 0.444 e. The van der Waals surface area contributed by atoms with Crippen molar-refractivity contribution in [1.82, 2.24) is 15.1 Å². The first kappa shape index (κ1) is 18.1. The van der Waals surface area contributed by atoms with Crippen LogP contribution in [-0.4, -0.2) is 66.3 Å². The molecule has 0 spiro atoms. The van der Waals surface area contributed by atoms with Crippen LogP contribution in [0.5, 0.6) is 0 Å². The monoisotopic (exact) mass is 321 g/mol. The number of carbonyl (C=O) groups excluding carboxylic acids is 1. The first-order valence-electron chi connectivity index (χ1n) is 8.77. The zero-order valence-electron chi connectivity index (χ0n) is 14.8. The molecule has 1 atom stereocenters. The van der Waals surface area contributed by atoms with Crippen molar-refractivity contribution in [2.45, 2.75) is 64.1 Å². The Morgan fingerprint density at radius 1 is 1.22 bits per heavy atom. The lowest BCUT2D eigenvalue weighted by atomic mass is 10.0. The fourth-order valence-electron chi connectivity index (χ4n) is 3.33. The average Bonchev–Trinajstić information content (AvgIpc) is 2.48. The number of amides is 1. The van der Waals surface area contributed by atoms with Gasteiger partial charge >= 0.3 is 6.09 Å². The summed E-state index contributed by atoms with van der Waals surface area (Å²) in [7, 11) is 0. The van der Waals surface area contributed by atoms with E-state index in [4.69, 9.17) is 11.2 Å². The number of rotatable bonds is 3. The van der Waals surface area contributed by atoms with Crippen LogP contribution in [0, 0.1) is 12.3 Å². The van der Waals surface area contributed by atoms with Crippen molar-refractivity contribution < 1.29 is 9.53 Å². The van der Waals surface area contributed by atoms with Gasteiger partial charge in [-0.15, -0.1) is 6.42 Å². The summed E-state index contributed by atoms with van der Waals surface area (Å²) in [5.74, 6) is 2.72. The summed E-state index contributed by atoms with van der Waals surface area (Å²) in [6.45, 7) is 10.2. The first-order valence-corrected chi connectivity index (χ1v) is 8.77.